The summed E-state index contributed by atoms with van der Waals surface area (Å²) in [7, 11) is 1.96. The van der Waals surface area contributed by atoms with E-state index in [0.29, 0.717) is 13.2 Å². The van der Waals surface area contributed by atoms with E-state index in [-0.39, 0.29) is 5.92 Å². The van der Waals surface area contributed by atoms with E-state index < -0.39 is 5.97 Å². The van der Waals surface area contributed by atoms with Crippen LogP contribution in [0.3, 0.4) is 0 Å². The summed E-state index contributed by atoms with van der Waals surface area (Å²) >= 11 is 0. The topological polar surface area (TPSA) is 49.8 Å². The number of carbonyl (C=O) groups is 1. The fourth-order valence-corrected chi connectivity index (χ4v) is 2.02. The summed E-state index contributed by atoms with van der Waals surface area (Å²) in [5, 5.41) is 8.84. The molecule has 4 nitrogen and oxygen atoms in total. The first-order chi connectivity index (χ1) is 9.49. The molecule has 1 aromatic carbocycles. The first-order valence-corrected chi connectivity index (χ1v) is 7.10. The van der Waals surface area contributed by atoms with Gasteiger partial charge in [0.2, 0.25) is 0 Å². The number of aryl methyl sites for hydroxylation is 1. The maximum Gasteiger partial charge on any atom is 0.307 e. The first kappa shape index (κ1) is 16.5. The molecule has 0 aromatic heterocycles. The third kappa shape index (κ3) is 6.57. The maximum absolute atomic E-state index is 10.7. The summed E-state index contributed by atoms with van der Waals surface area (Å²) in [6.07, 6.45) is 1.98. The zero-order valence-electron chi connectivity index (χ0n) is 12.6. The van der Waals surface area contributed by atoms with E-state index in [1.54, 1.807) is 6.92 Å². The van der Waals surface area contributed by atoms with Gasteiger partial charge in [-0.15, -0.1) is 0 Å². The van der Waals surface area contributed by atoms with Crippen molar-refractivity contribution in [3.63, 3.8) is 0 Å². The molecule has 112 valence electrons. The van der Waals surface area contributed by atoms with Crippen molar-refractivity contribution in [2.45, 2.75) is 26.7 Å². The van der Waals surface area contributed by atoms with Gasteiger partial charge in [0.1, 0.15) is 5.75 Å². The van der Waals surface area contributed by atoms with Crippen LogP contribution in [0.5, 0.6) is 5.75 Å². The third-order valence-corrected chi connectivity index (χ3v) is 3.20. The number of benzene rings is 1. The van der Waals surface area contributed by atoms with Gasteiger partial charge in [-0.05, 0) is 51.1 Å². The highest BCUT2D eigenvalue weighted by Gasteiger charge is 2.12. The lowest BCUT2D eigenvalue weighted by molar-refractivity contribution is -0.141. The molecule has 0 spiro atoms. The molecule has 1 rings (SSSR count). The molecule has 20 heavy (non-hydrogen) atoms. The van der Waals surface area contributed by atoms with Gasteiger partial charge in [0, 0.05) is 6.54 Å². The zero-order valence-corrected chi connectivity index (χ0v) is 12.6. The van der Waals surface area contributed by atoms with E-state index in [1.165, 1.54) is 5.56 Å². The molecule has 0 heterocycles. The largest absolute Gasteiger partial charge is 0.494 e. The Balaban J connectivity index is 2.11. The molecule has 0 fully saturated rings. The number of nitrogens with zero attached hydrogens (tertiary/aromatic N) is 1. The predicted molar refractivity (Wildman–Crippen MR) is 80.2 cm³/mol. The predicted octanol–water partition coefficient (Wildman–Crippen LogP) is 2.81. The Hall–Kier alpha value is -1.55. The van der Waals surface area contributed by atoms with Crippen molar-refractivity contribution in [2.24, 2.45) is 5.92 Å². The van der Waals surface area contributed by atoms with Gasteiger partial charge in [0.25, 0.3) is 0 Å². The van der Waals surface area contributed by atoms with Gasteiger partial charge in [-0.2, -0.15) is 0 Å². The van der Waals surface area contributed by atoms with E-state index >= 15 is 0 Å². The molecule has 1 unspecified atom stereocenters. The molecule has 0 aliphatic carbocycles. The van der Waals surface area contributed by atoms with Gasteiger partial charge in [-0.3, -0.25) is 4.79 Å². The highest BCUT2D eigenvalue weighted by molar-refractivity contribution is 5.69. The molecule has 4 heteroatoms. The Bertz CT molecular complexity index is 420. The van der Waals surface area contributed by atoms with Crippen LogP contribution in [0, 0.1) is 12.8 Å². The number of carboxylic acid groups (broad SMARTS) is 1. The van der Waals surface area contributed by atoms with Crippen molar-refractivity contribution in [1.29, 1.82) is 0 Å². The summed E-state index contributed by atoms with van der Waals surface area (Å²) < 4.78 is 5.68. The van der Waals surface area contributed by atoms with E-state index in [0.717, 1.165) is 25.1 Å². The molecule has 0 aliphatic rings. The molecule has 0 radical (unpaired) electrons. The number of hydrogen-bond acceptors (Lipinski definition) is 3. The van der Waals surface area contributed by atoms with Gasteiger partial charge in [0.15, 0.2) is 0 Å². The van der Waals surface area contributed by atoms with Crippen molar-refractivity contribution >= 4 is 5.97 Å². The Kier molecular flexibility index (Phi) is 7.09. The molecule has 1 N–H and O–H groups in total. The SMILES string of the molecule is Cc1cccc(OCCCCN(C)CC(C)C(=O)O)c1. The van der Waals surface area contributed by atoms with Gasteiger partial charge in [-0.25, -0.2) is 0 Å². The van der Waals surface area contributed by atoms with Crippen molar-refractivity contribution in [2.75, 3.05) is 26.7 Å². The highest BCUT2D eigenvalue weighted by Crippen LogP contribution is 2.12. The minimum Gasteiger partial charge on any atom is -0.494 e. The summed E-state index contributed by atoms with van der Waals surface area (Å²) in [5.74, 6) is -0.138. The van der Waals surface area contributed by atoms with Crippen molar-refractivity contribution in [1.82, 2.24) is 4.90 Å². The lowest BCUT2D eigenvalue weighted by Crippen LogP contribution is -2.29. The molecule has 0 bridgehead atoms. The monoisotopic (exact) mass is 279 g/mol. The molecule has 0 aliphatic heterocycles. The van der Waals surface area contributed by atoms with Crippen molar-refractivity contribution in [3.8, 4) is 5.75 Å². The highest BCUT2D eigenvalue weighted by atomic mass is 16.5. The van der Waals surface area contributed by atoms with Crippen LogP contribution in [0.1, 0.15) is 25.3 Å². The van der Waals surface area contributed by atoms with Crippen molar-refractivity contribution in [3.05, 3.63) is 29.8 Å². The smallest absolute Gasteiger partial charge is 0.307 e. The second-order valence-electron chi connectivity index (χ2n) is 5.37. The van der Waals surface area contributed by atoms with Gasteiger partial charge in [-0.1, -0.05) is 19.1 Å². The number of ether oxygens (including phenoxy) is 1. The van der Waals surface area contributed by atoms with Crippen LogP contribution < -0.4 is 4.74 Å². The number of aliphatic carboxylic acids is 1. The summed E-state index contributed by atoms with van der Waals surface area (Å²) in [4.78, 5) is 12.8. The minimum atomic E-state index is -0.736. The number of rotatable bonds is 9. The van der Waals surface area contributed by atoms with E-state index in [2.05, 4.69) is 4.90 Å². The fraction of sp³-hybridized carbons (Fsp3) is 0.562. The number of hydrogen-bond donors (Lipinski definition) is 1. The van der Waals surface area contributed by atoms with Crippen LogP contribution in [-0.2, 0) is 4.79 Å². The Morgan fingerprint density at radius 1 is 1.40 bits per heavy atom. The molecule has 0 amide bonds. The molecule has 1 atom stereocenters. The van der Waals surface area contributed by atoms with Crippen LogP contribution in [0.2, 0.25) is 0 Å². The van der Waals surface area contributed by atoms with Crippen LogP contribution in [0.15, 0.2) is 24.3 Å². The molecule has 0 saturated heterocycles. The summed E-state index contributed by atoms with van der Waals surface area (Å²) in [6, 6.07) is 8.03. The Morgan fingerprint density at radius 3 is 2.80 bits per heavy atom. The second-order valence-corrected chi connectivity index (χ2v) is 5.37. The average Bonchev–Trinajstić information content (AvgIpc) is 2.38. The van der Waals surface area contributed by atoms with Gasteiger partial charge in [0.05, 0.1) is 12.5 Å². The van der Waals surface area contributed by atoms with E-state index in [9.17, 15) is 4.79 Å². The number of carboxylic acids is 1. The van der Waals surface area contributed by atoms with Crippen LogP contribution in [0.25, 0.3) is 0 Å². The second kappa shape index (κ2) is 8.59. The van der Waals surface area contributed by atoms with Crippen LogP contribution in [-0.4, -0.2) is 42.7 Å². The summed E-state index contributed by atoms with van der Waals surface area (Å²) in [5.41, 5.74) is 1.20. The van der Waals surface area contributed by atoms with Crippen LogP contribution >= 0.6 is 0 Å². The average molecular weight is 279 g/mol. The summed E-state index contributed by atoms with van der Waals surface area (Å²) in [6.45, 7) is 5.97. The Morgan fingerprint density at radius 2 is 2.15 bits per heavy atom. The van der Waals surface area contributed by atoms with Gasteiger partial charge < -0.3 is 14.7 Å². The van der Waals surface area contributed by atoms with Crippen molar-refractivity contribution < 1.29 is 14.6 Å². The molecule has 1 aromatic rings. The lowest BCUT2D eigenvalue weighted by atomic mass is 10.1. The zero-order chi connectivity index (χ0) is 15.0. The third-order valence-electron chi connectivity index (χ3n) is 3.20. The van der Waals surface area contributed by atoms with Crippen LogP contribution in [0.4, 0.5) is 0 Å². The quantitative estimate of drug-likeness (QED) is 0.706. The molecule has 0 saturated carbocycles. The molecular formula is C16H25NO3. The first-order valence-electron chi connectivity index (χ1n) is 7.10. The van der Waals surface area contributed by atoms with E-state index in [1.807, 2.05) is 38.2 Å². The minimum absolute atomic E-state index is 0.316. The lowest BCUT2D eigenvalue weighted by Gasteiger charge is -2.18. The standard InChI is InChI=1S/C16H25NO3/c1-13-7-6-8-15(11-13)20-10-5-4-9-17(3)12-14(2)16(18)19/h6-8,11,14H,4-5,9-10,12H2,1-3H3,(H,18,19). The molecular weight excluding hydrogens is 254 g/mol. The maximum atomic E-state index is 10.7. The number of unbranched alkanes of at least 4 members (excludes halogenated alkanes) is 1. The fourth-order valence-electron chi connectivity index (χ4n) is 2.02. The normalized spacial score (nSPS) is 12.4. The Labute approximate surface area is 121 Å². The van der Waals surface area contributed by atoms with Gasteiger partial charge >= 0.3 is 5.97 Å². The van der Waals surface area contributed by atoms with E-state index in [4.69, 9.17) is 9.84 Å².